The van der Waals surface area contributed by atoms with E-state index in [0.717, 1.165) is 25.7 Å². The van der Waals surface area contributed by atoms with Crippen molar-refractivity contribution in [3.63, 3.8) is 0 Å². The molecule has 1 aliphatic rings. The minimum atomic E-state index is -0.298. The molecule has 2 rings (SSSR count). The van der Waals surface area contributed by atoms with Gasteiger partial charge in [0.15, 0.2) is 0 Å². The van der Waals surface area contributed by atoms with E-state index in [9.17, 15) is 14.4 Å². The molecule has 0 aliphatic carbocycles. The minimum absolute atomic E-state index is 0. The molecular weight excluding hydrogens is 356 g/mol. The maximum Gasteiger partial charge on any atom is 0.253 e. The summed E-state index contributed by atoms with van der Waals surface area (Å²) in [6.07, 6.45) is 4.43. The van der Waals surface area contributed by atoms with Crippen LogP contribution in [0.4, 0.5) is 5.69 Å². The number of nitrogens with one attached hydrogen (secondary N) is 2. The Bertz CT molecular complexity index is 624. The molecule has 0 unspecified atom stereocenters. The number of halogens is 1. The van der Waals surface area contributed by atoms with E-state index in [1.54, 1.807) is 29.2 Å². The number of hydrogen-bond acceptors (Lipinski definition) is 4. The molecule has 1 fully saturated rings. The van der Waals surface area contributed by atoms with E-state index >= 15 is 0 Å². The molecule has 1 aromatic carbocycles. The number of anilines is 1. The number of hydrogen-bond donors (Lipinski definition) is 3. The third-order valence-corrected chi connectivity index (χ3v) is 4.13. The van der Waals surface area contributed by atoms with Gasteiger partial charge in [0.1, 0.15) is 0 Å². The summed E-state index contributed by atoms with van der Waals surface area (Å²) in [6.45, 7) is 1.32. The summed E-state index contributed by atoms with van der Waals surface area (Å²) >= 11 is 0. The average molecular weight is 383 g/mol. The first kappa shape index (κ1) is 21.9. The Balaban J connectivity index is 0.00000338. The van der Waals surface area contributed by atoms with E-state index in [2.05, 4.69) is 10.6 Å². The highest BCUT2D eigenvalue weighted by Gasteiger charge is 2.19. The van der Waals surface area contributed by atoms with Gasteiger partial charge in [-0.2, -0.15) is 0 Å². The third kappa shape index (κ3) is 6.65. The molecular formula is C18H27ClN4O3. The number of nitrogens with two attached hydrogens (primary N) is 1. The number of nitrogens with zero attached hydrogens (tertiary/aromatic N) is 1. The summed E-state index contributed by atoms with van der Waals surface area (Å²) < 4.78 is 0. The van der Waals surface area contributed by atoms with E-state index < -0.39 is 0 Å². The molecule has 3 amide bonds. The van der Waals surface area contributed by atoms with Gasteiger partial charge in [0.2, 0.25) is 11.8 Å². The van der Waals surface area contributed by atoms with Crippen molar-refractivity contribution < 1.29 is 14.4 Å². The summed E-state index contributed by atoms with van der Waals surface area (Å²) in [7, 11) is 0. The number of carbonyl (C=O) groups excluding carboxylic acids is 3. The highest BCUT2D eigenvalue weighted by atomic mass is 35.5. The number of amides is 3. The highest BCUT2D eigenvalue weighted by molar-refractivity contribution is 6.04. The summed E-state index contributed by atoms with van der Waals surface area (Å²) in [6, 6.07) is 6.79. The molecule has 26 heavy (non-hydrogen) atoms. The minimum Gasteiger partial charge on any atom is -0.351 e. The van der Waals surface area contributed by atoms with Gasteiger partial charge in [-0.1, -0.05) is 25.0 Å². The third-order valence-electron chi connectivity index (χ3n) is 4.13. The van der Waals surface area contributed by atoms with Crippen molar-refractivity contribution in [2.45, 2.75) is 32.1 Å². The van der Waals surface area contributed by atoms with Gasteiger partial charge in [0, 0.05) is 26.1 Å². The van der Waals surface area contributed by atoms with Gasteiger partial charge in [-0.3, -0.25) is 14.4 Å². The van der Waals surface area contributed by atoms with Crippen molar-refractivity contribution >= 4 is 35.8 Å². The molecule has 8 heteroatoms. The molecule has 1 aliphatic heterocycles. The van der Waals surface area contributed by atoms with Gasteiger partial charge in [-0.05, 0) is 25.0 Å². The van der Waals surface area contributed by atoms with Crippen molar-refractivity contribution in [3.8, 4) is 0 Å². The lowest BCUT2D eigenvalue weighted by Gasteiger charge is -2.24. The molecule has 0 bridgehead atoms. The number of benzene rings is 1. The number of likely N-dealkylation sites (tertiary alicyclic amines) is 1. The lowest BCUT2D eigenvalue weighted by Crippen LogP contribution is -2.39. The number of rotatable bonds is 6. The maximum atomic E-state index is 12.4. The van der Waals surface area contributed by atoms with Crippen LogP contribution in [0.1, 0.15) is 42.5 Å². The van der Waals surface area contributed by atoms with Crippen LogP contribution in [-0.2, 0) is 9.59 Å². The first-order valence-corrected chi connectivity index (χ1v) is 8.76. The van der Waals surface area contributed by atoms with E-state index in [4.69, 9.17) is 5.73 Å². The Morgan fingerprint density at radius 2 is 1.85 bits per heavy atom. The van der Waals surface area contributed by atoms with Gasteiger partial charge < -0.3 is 21.3 Å². The van der Waals surface area contributed by atoms with Crippen LogP contribution < -0.4 is 16.4 Å². The predicted octanol–water partition coefficient (Wildman–Crippen LogP) is 1.53. The summed E-state index contributed by atoms with van der Waals surface area (Å²) in [5.74, 6) is -0.569. The Labute approximate surface area is 160 Å². The standard InChI is InChI=1S/C18H26N4O3.ClH/c19-10-11-20-18(25)14-7-4-5-8-15(14)21-16(23)13-22-12-6-2-1-3-9-17(22)24;/h4-5,7-8H,1-3,6,9-13,19H2,(H,20,25)(H,21,23);1H. The number of carbonyl (C=O) groups is 3. The highest BCUT2D eigenvalue weighted by Crippen LogP contribution is 2.16. The van der Waals surface area contributed by atoms with Crippen LogP contribution in [0.2, 0.25) is 0 Å². The Morgan fingerprint density at radius 1 is 1.12 bits per heavy atom. The van der Waals surface area contributed by atoms with Crippen LogP contribution in [0.15, 0.2) is 24.3 Å². The van der Waals surface area contributed by atoms with Crippen molar-refractivity contribution in [2.24, 2.45) is 5.73 Å². The lowest BCUT2D eigenvalue weighted by molar-refractivity contribution is -0.135. The molecule has 4 N–H and O–H groups in total. The second-order valence-electron chi connectivity index (χ2n) is 6.12. The fourth-order valence-electron chi connectivity index (χ4n) is 2.82. The second kappa shape index (κ2) is 11.5. The Kier molecular flexibility index (Phi) is 9.69. The van der Waals surface area contributed by atoms with Gasteiger partial charge in [-0.25, -0.2) is 0 Å². The number of para-hydroxylation sites is 1. The first-order chi connectivity index (χ1) is 12.1. The largest absolute Gasteiger partial charge is 0.351 e. The smallest absolute Gasteiger partial charge is 0.253 e. The van der Waals surface area contributed by atoms with Gasteiger partial charge in [0.05, 0.1) is 17.8 Å². The molecule has 0 atom stereocenters. The molecule has 0 saturated carbocycles. The van der Waals surface area contributed by atoms with Crippen molar-refractivity contribution in [1.82, 2.24) is 10.2 Å². The monoisotopic (exact) mass is 382 g/mol. The van der Waals surface area contributed by atoms with Crippen LogP contribution in [0.25, 0.3) is 0 Å². The zero-order chi connectivity index (χ0) is 18.1. The molecule has 144 valence electrons. The van der Waals surface area contributed by atoms with Gasteiger partial charge in [-0.15, -0.1) is 12.4 Å². The Morgan fingerprint density at radius 3 is 2.62 bits per heavy atom. The van der Waals surface area contributed by atoms with E-state index in [-0.39, 0.29) is 36.7 Å². The molecule has 1 saturated heterocycles. The summed E-state index contributed by atoms with van der Waals surface area (Å²) in [5.41, 5.74) is 6.20. The second-order valence-corrected chi connectivity index (χ2v) is 6.12. The van der Waals surface area contributed by atoms with Gasteiger partial charge >= 0.3 is 0 Å². The van der Waals surface area contributed by atoms with E-state index in [0.29, 0.717) is 37.3 Å². The zero-order valence-corrected chi connectivity index (χ0v) is 15.6. The average Bonchev–Trinajstić information content (AvgIpc) is 2.60. The van der Waals surface area contributed by atoms with E-state index in [1.807, 2.05) is 0 Å². The molecule has 1 aromatic rings. The van der Waals surface area contributed by atoms with Crippen molar-refractivity contribution in [3.05, 3.63) is 29.8 Å². The fourth-order valence-corrected chi connectivity index (χ4v) is 2.82. The normalized spacial score (nSPS) is 14.7. The molecule has 0 radical (unpaired) electrons. The van der Waals surface area contributed by atoms with Crippen molar-refractivity contribution in [1.29, 1.82) is 0 Å². The Hall–Kier alpha value is -2.12. The van der Waals surface area contributed by atoms with Crippen LogP contribution in [0.5, 0.6) is 0 Å². The van der Waals surface area contributed by atoms with Gasteiger partial charge in [0.25, 0.3) is 5.91 Å². The first-order valence-electron chi connectivity index (χ1n) is 8.76. The predicted molar refractivity (Wildman–Crippen MR) is 103 cm³/mol. The fraction of sp³-hybridized carbons (Fsp3) is 0.500. The lowest BCUT2D eigenvalue weighted by atomic mass is 10.1. The van der Waals surface area contributed by atoms with Crippen LogP contribution in [0, 0.1) is 0 Å². The van der Waals surface area contributed by atoms with Crippen LogP contribution in [0.3, 0.4) is 0 Å². The van der Waals surface area contributed by atoms with E-state index in [1.165, 1.54) is 0 Å². The van der Waals surface area contributed by atoms with Crippen LogP contribution >= 0.6 is 12.4 Å². The maximum absolute atomic E-state index is 12.4. The molecule has 7 nitrogen and oxygen atoms in total. The molecule has 1 heterocycles. The molecule has 0 aromatic heterocycles. The SMILES string of the molecule is Cl.NCCNC(=O)c1ccccc1NC(=O)CN1CCCCCCC1=O. The summed E-state index contributed by atoms with van der Waals surface area (Å²) in [5, 5.41) is 5.43. The topological polar surface area (TPSA) is 105 Å². The zero-order valence-electron chi connectivity index (χ0n) is 14.8. The van der Waals surface area contributed by atoms with Crippen LogP contribution in [-0.4, -0.2) is 48.8 Å². The molecule has 0 spiro atoms. The van der Waals surface area contributed by atoms with Crippen molar-refractivity contribution in [2.75, 3.05) is 31.5 Å². The summed E-state index contributed by atoms with van der Waals surface area (Å²) in [4.78, 5) is 38.2. The quantitative estimate of drug-likeness (QED) is 0.693.